The number of rotatable bonds is 7. The smallest absolute Gasteiger partial charge is 0.161 e. The van der Waals surface area contributed by atoms with E-state index in [0.717, 1.165) is 29.9 Å². The number of benzene rings is 1. The predicted octanol–water partition coefficient (Wildman–Crippen LogP) is 2.95. The molecule has 1 unspecified atom stereocenters. The largest absolute Gasteiger partial charge is 0.493 e. The first kappa shape index (κ1) is 14.8. The van der Waals surface area contributed by atoms with Crippen LogP contribution in [0.1, 0.15) is 25.8 Å². The Morgan fingerprint density at radius 3 is 2.67 bits per heavy atom. The van der Waals surface area contributed by atoms with Crippen molar-refractivity contribution >= 4 is 17.2 Å². The van der Waals surface area contributed by atoms with Gasteiger partial charge in [-0.2, -0.15) is 0 Å². The first-order chi connectivity index (χ1) is 8.58. The summed E-state index contributed by atoms with van der Waals surface area (Å²) < 4.78 is 10.9. The van der Waals surface area contributed by atoms with Crippen LogP contribution in [0.2, 0.25) is 0 Å². The molecule has 0 amide bonds. The summed E-state index contributed by atoms with van der Waals surface area (Å²) in [5, 5.41) is 0. The van der Waals surface area contributed by atoms with Crippen molar-refractivity contribution in [2.24, 2.45) is 11.7 Å². The van der Waals surface area contributed by atoms with Crippen molar-refractivity contribution in [2.75, 3.05) is 13.7 Å². The molecule has 0 bridgehead atoms. The maximum absolute atomic E-state index is 5.63. The number of methoxy groups -OCH3 is 1. The van der Waals surface area contributed by atoms with Crippen LogP contribution in [0, 0.1) is 5.92 Å². The summed E-state index contributed by atoms with van der Waals surface area (Å²) >= 11 is 4.98. The average molecular weight is 267 g/mol. The molecule has 0 saturated heterocycles. The molecule has 0 aliphatic carbocycles. The Hall–Kier alpha value is -1.29. The van der Waals surface area contributed by atoms with Crippen LogP contribution in [0.3, 0.4) is 0 Å². The maximum Gasteiger partial charge on any atom is 0.161 e. The molecule has 0 saturated carbocycles. The maximum atomic E-state index is 5.63. The van der Waals surface area contributed by atoms with Crippen LogP contribution in [-0.4, -0.2) is 18.7 Å². The number of hydrogen-bond acceptors (Lipinski definition) is 3. The van der Waals surface area contributed by atoms with Gasteiger partial charge in [0, 0.05) is 5.92 Å². The Balaban J connectivity index is 2.81. The van der Waals surface area contributed by atoms with Crippen LogP contribution in [0.15, 0.2) is 18.2 Å². The zero-order valence-electron chi connectivity index (χ0n) is 11.2. The molecule has 0 spiro atoms. The Kier molecular flexibility index (Phi) is 5.92. The zero-order valence-corrected chi connectivity index (χ0v) is 12.0. The highest BCUT2D eigenvalue weighted by atomic mass is 32.1. The monoisotopic (exact) mass is 267 g/mol. The van der Waals surface area contributed by atoms with Crippen LogP contribution in [-0.2, 0) is 6.42 Å². The van der Waals surface area contributed by atoms with Gasteiger partial charge in [-0.25, -0.2) is 0 Å². The molecule has 0 aromatic heterocycles. The van der Waals surface area contributed by atoms with Crippen molar-refractivity contribution in [1.82, 2.24) is 0 Å². The summed E-state index contributed by atoms with van der Waals surface area (Å²) in [6.07, 6.45) is 1.79. The highest BCUT2D eigenvalue weighted by Crippen LogP contribution is 2.29. The quantitative estimate of drug-likeness (QED) is 0.771. The second-order valence-corrected chi connectivity index (χ2v) is 4.81. The molecule has 1 atom stereocenters. The van der Waals surface area contributed by atoms with Crippen molar-refractivity contribution < 1.29 is 9.47 Å². The minimum Gasteiger partial charge on any atom is -0.493 e. The molecule has 1 rings (SSSR count). The average Bonchev–Trinajstić information content (AvgIpc) is 2.36. The molecule has 0 radical (unpaired) electrons. The lowest BCUT2D eigenvalue weighted by Gasteiger charge is -2.13. The minimum absolute atomic E-state index is 0.187. The molecule has 100 valence electrons. The van der Waals surface area contributed by atoms with Gasteiger partial charge in [-0.05, 0) is 30.5 Å². The van der Waals surface area contributed by atoms with E-state index in [1.807, 2.05) is 25.1 Å². The van der Waals surface area contributed by atoms with Gasteiger partial charge in [0.2, 0.25) is 0 Å². The molecule has 0 fully saturated rings. The van der Waals surface area contributed by atoms with Crippen LogP contribution in [0.5, 0.6) is 11.5 Å². The third-order valence-electron chi connectivity index (χ3n) is 2.72. The highest BCUT2D eigenvalue weighted by Gasteiger charge is 2.10. The van der Waals surface area contributed by atoms with Crippen LogP contribution in [0.25, 0.3) is 0 Å². The van der Waals surface area contributed by atoms with E-state index in [4.69, 9.17) is 27.4 Å². The second-order valence-electron chi connectivity index (χ2n) is 4.34. The van der Waals surface area contributed by atoms with E-state index in [9.17, 15) is 0 Å². The minimum atomic E-state index is 0.187. The number of hydrogen-bond donors (Lipinski definition) is 1. The molecule has 3 nitrogen and oxygen atoms in total. The molecule has 1 aromatic rings. The topological polar surface area (TPSA) is 44.5 Å². The lowest BCUT2D eigenvalue weighted by Crippen LogP contribution is -2.20. The lowest BCUT2D eigenvalue weighted by molar-refractivity contribution is 0.294. The van der Waals surface area contributed by atoms with E-state index in [2.05, 4.69) is 6.92 Å². The standard InChI is InChI=1S/C14H21NO2S/c1-4-7-17-12-6-5-11(9-13(12)16-3)8-10(2)14(15)18/h5-6,9-10H,4,7-8H2,1-3H3,(H2,15,18). The summed E-state index contributed by atoms with van der Waals surface area (Å²) in [5.41, 5.74) is 6.77. The normalized spacial score (nSPS) is 11.9. The molecule has 4 heteroatoms. The van der Waals surface area contributed by atoms with Crippen LogP contribution in [0.4, 0.5) is 0 Å². The molecule has 2 N–H and O–H groups in total. The van der Waals surface area contributed by atoms with Gasteiger partial charge in [0.25, 0.3) is 0 Å². The van der Waals surface area contributed by atoms with E-state index >= 15 is 0 Å². The fourth-order valence-electron chi connectivity index (χ4n) is 1.62. The summed E-state index contributed by atoms with van der Waals surface area (Å²) in [7, 11) is 1.65. The van der Waals surface area contributed by atoms with Gasteiger partial charge in [-0.15, -0.1) is 0 Å². The van der Waals surface area contributed by atoms with Crippen molar-refractivity contribution in [3.63, 3.8) is 0 Å². The first-order valence-electron chi connectivity index (χ1n) is 6.17. The van der Waals surface area contributed by atoms with Gasteiger partial charge < -0.3 is 15.2 Å². The van der Waals surface area contributed by atoms with E-state index in [1.54, 1.807) is 7.11 Å². The summed E-state index contributed by atoms with van der Waals surface area (Å²) in [5.74, 6) is 1.73. The molecule has 0 aliphatic rings. The number of ether oxygens (including phenoxy) is 2. The van der Waals surface area contributed by atoms with E-state index in [0.29, 0.717) is 11.6 Å². The Bertz CT molecular complexity index is 407. The third-order valence-corrected chi connectivity index (χ3v) is 3.12. The van der Waals surface area contributed by atoms with Gasteiger partial charge in [0.1, 0.15) is 0 Å². The predicted molar refractivity (Wildman–Crippen MR) is 78.4 cm³/mol. The van der Waals surface area contributed by atoms with Gasteiger partial charge in [0.15, 0.2) is 11.5 Å². The number of nitrogens with two attached hydrogens (primary N) is 1. The zero-order chi connectivity index (χ0) is 13.5. The Morgan fingerprint density at radius 1 is 1.39 bits per heavy atom. The first-order valence-corrected chi connectivity index (χ1v) is 6.58. The summed E-state index contributed by atoms with van der Waals surface area (Å²) in [6, 6.07) is 5.96. The van der Waals surface area contributed by atoms with Gasteiger partial charge in [0.05, 0.1) is 18.7 Å². The van der Waals surface area contributed by atoms with E-state index < -0.39 is 0 Å². The molecule has 1 aromatic carbocycles. The van der Waals surface area contributed by atoms with Gasteiger partial charge in [-0.1, -0.05) is 32.1 Å². The fourth-order valence-corrected chi connectivity index (χ4v) is 1.71. The van der Waals surface area contributed by atoms with Crippen LogP contribution < -0.4 is 15.2 Å². The molecular formula is C14H21NO2S. The third kappa shape index (κ3) is 4.18. The lowest BCUT2D eigenvalue weighted by atomic mass is 10.0. The number of thiocarbonyl (C=S) groups is 1. The summed E-state index contributed by atoms with van der Waals surface area (Å²) in [6.45, 7) is 4.79. The van der Waals surface area contributed by atoms with E-state index in [-0.39, 0.29) is 5.92 Å². The summed E-state index contributed by atoms with van der Waals surface area (Å²) in [4.78, 5) is 0.542. The van der Waals surface area contributed by atoms with Crippen molar-refractivity contribution in [3.8, 4) is 11.5 Å². The van der Waals surface area contributed by atoms with Crippen molar-refractivity contribution in [3.05, 3.63) is 23.8 Å². The van der Waals surface area contributed by atoms with Crippen LogP contribution >= 0.6 is 12.2 Å². The molecule has 0 heterocycles. The Morgan fingerprint density at radius 2 is 2.11 bits per heavy atom. The van der Waals surface area contributed by atoms with Gasteiger partial charge in [-0.3, -0.25) is 0 Å². The van der Waals surface area contributed by atoms with Crippen molar-refractivity contribution in [1.29, 1.82) is 0 Å². The fraction of sp³-hybridized carbons (Fsp3) is 0.500. The molecule has 0 aliphatic heterocycles. The highest BCUT2D eigenvalue weighted by molar-refractivity contribution is 7.80. The Labute approximate surface area is 114 Å². The van der Waals surface area contributed by atoms with E-state index in [1.165, 1.54) is 0 Å². The van der Waals surface area contributed by atoms with Gasteiger partial charge >= 0.3 is 0 Å². The second kappa shape index (κ2) is 7.21. The SMILES string of the molecule is CCCOc1ccc(CC(C)C(N)=S)cc1OC. The molecule has 18 heavy (non-hydrogen) atoms. The molecular weight excluding hydrogens is 246 g/mol. The van der Waals surface area contributed by atoms with Crippen molar-refractivity contribution in [2.45, 2.75) is 26.7 Å².